The molecule has 0 bridgehead atoms. The minimum Gasteiger partial charge on any atom is -0.288 e. The molecule has 0 radical (unpaired) electrons. The van der Waals surface area contributed by atoms with E-state index in [0.717, 1.165) is 11.5 Å². The topological polar surface area (TPSA) is 34.9 Å². The van der Waals surface area contributed by atoms with Gasteiger partial charge in [0.2, 0.25) is 0 Å². The van der Waals surface area contributed by atoms with Gasteiger partial charge in [0.15, 0.2) is 17.2 Å². The van der Waals surface area contributed by atoms with Crippen molar-refractivity contribution in [2.45, 2.75) is 0 Å². The molecule has 4 heteroatoms. The second kappa shape index (κ2) is 2.80. The van der Waals surface area contributed by atoms with Crippen LogP contribution in [0, 0.1) is 0 Å². The highest BCUT2D eigenvalue weighted by Gasteiger charge is 2.40. The molecule has 0 saturated heterocycles. The van der Waals surface area contributed by atoms with Gasteiger partial charge in [0.25, 0.3) is 0 Å². The number of carbonyl (C=O) groups is 1. The Kier molecular flexibility index (Phi) is 1.63. The number of fused-ring (bicyclic) bond motifs is 3. The average Bonchev–Trinajstić information content (AvgIpc) is 2.75. The van der Waals surface area contributed by atoms with Gasteiger partial charge in [-0.05, 0) is 18.2 Å². The summed E-state index contributed by atoms with van der Waals surface area (Å²) in [7, 11) is 3.78. The molecule has 0 atom stereocenters. The summed E-state index contributed by atoms with van der Waals surface area (Å²) in [5.74, 6) is 0.928. The SMILES string of the molecule is C[N+]1(C)C(=O)c2cccn2-c2ncccc21. The summed E-state index contributed by atoms with van der Waals surface area (Å²) < 4.78 is 2.06. The number of carbonyl (C=O) groups excluding carboxylic acids is 1. The lowest BCUT2D eigenvalue weighted by atomic mass is 10.2. The maximum absolute atomic E-state index is 12.3. The van der Waals surface area contributed by atoms with E-state index in [1.165, 1.54) is 0 Å². The Bertz CT molecular complexity index is 583. The predicted molar refractivity (Wildman–Crippen MR) is 61.5 cm³/mol. The van der Waals surface area contributed by atoms with Crippen molar-refractivity contribution in [1.82, 2.24) is 14.0 Å². The number of aromatic nitrogens is 2. The highest BCUT2D eigenvalue weighted by Crippen LogP contribution is 2.33. The summed E-state index contributed by atoms with van der Waals surface area (Å²) in [6, 6.07) is 7.51. The zero-order valence-corrected chi connectivity index (χ0v) is 9.21. The number of amides is 1. The predicted octanol–water partition coefficient (Wildman–Crippen LogP) is 1.59. The van der Waals surface area contributed by atoms with Crippen LogP contribution in [0.2, 0.25) is 0 Å². The van der Waals surface area contributed by atoms with Crippen molar-refractivity contribution in [2.24, 2.45) is 0 Å². The minimum atomic E-state index is 0.0884. The first-order valence-electron chi connectivity index (χ1n) is 5.14. The molecule has 3 rings (SSSR count). The van der Waals surface area contributed by atoms with Crippen LogP contribution >= 0.6 is 0 Å². The van der Waals surface area contributed by atoms with Gasteiger partial charge in [-0.1, -0.05) is 0 Å². The molecule has 0 saturated carbocycles. The van der Waals surface area contributed by atoms with Crippen molar-refractivity contribution in [3.05, 3.63) is 42.4 Å². The van der Waals surface area contributed by atoms with Gasteiger partial charge >= 0.3 is 5.91 Å². The van der Waals surface area contributed by atoms with Crippen LogP contribution in [0.4, 0.5) is 5.69 Å². The second-order valence-corrected chi connectivity index (χ2v) is 4.37. The Balaban J connectivity index is 2.41. The zero-order valence-electron chi connectivity index (χ0n) is 9.21. The van der Waals surface area contributed by atoms with Crippen LogP contribution in [-0.4, -0.2) is 29.6 Å². The maximum Gasteiger partial charge on any atom is 0.367 e. The Morgan fingerprint density at radius 3 is 2.88 bits per heavy atom. The highest BCUT2D eigenvalue weighted by atomic mass is 16.2. The van der Waals surface area contributed by atoms with E-state index in [0.29, 0.717) is 5.69 Å². The molecule has 0 N–H and O–H groups in total. The zero-order chi connectivity index (χ0) is 11.3. The van der Waals surface area contributed by atoms with Crippen LogP contribution in [0.3, 0.4) is 0 Å². The monoisotopic (exact) mass is 214 g/mol. The van der Waals surface area contributed by atoms with E-state index in [1.807, 2.05) is 49.1 Å². The number of quaternary nitrogens is 1. The molecule has 16 heavy (non-hydrogen) atoms. The molecule has 0 spiro atoms. The molecule has 0 aliphatic carbocycles. The first-order valence-corrected chi connectivity index (χ1v) is 5.14. The van der Waals surface area contributed by atoms with Crippen LogP contribution in [0.5, 0.6) is 0 Å². The van der Waals surface area contributed by atoms with Crippen molar-refractivity contribution in [3.63, 3.8) is 0 Å². The van der Waals surface area contributed by atoms with Gasteiger partial charge < -0.3 is 0 Å². The fourth-order valence-corrected chi connectivity index (χ4v) is 2.15. The number of rotatable bonds is 0. The van der Waals surface area contributed by atoms with E-state index in [1.54, 1.807) is 6.20 Å². The molecule has 80 valence electrons. The molecule has 2 aromatic rings. The van der Waals surface area contributed by atoms with Crippen LogP contribution in [0.15, 0.2) is 36.7 Å². The molecule has 0 fully saturated rings. The van der Waals surface area contributed by atoms with Gasteiger partial charge in [-0.2, -0.15) is 0 Å². The van der Waals surface area contributed by atoms with Gasteiger partial charge in [0.1, 0.15) is 0 Å². The second-order valence-electron chi connectivity index (χ2n) is 4.37. The van der Waals surface area contributed by atoms with Crippen molar-refractivity contribution >= 4 is 11.6 Å². The molecule has 3 heterocycles. The summed E-state index contributed by atoms with van der Waals surface area (Å²) in [6.45, 7) is 0. The third-order valence-electron chi connectivity index (χ3n) is 3.07. The van der Waals surface area contributed by atoms with Crippen LogP contribution in [0.1, 0.15) is 10.5 Å². The van der Waals surface area contributed by atoms with Gasteiger partial charge in [-0.15, -0.1) is 0 Å². The van der Waals surface area contributed by atoms with Crippen LogP contribution < -0.4 is 4.48 Å². The maximum atomic E-state index is 12.3. The summed E-state index contributed by atoms with van der Waals surface area (Å²) >= 11 is 0. The summed E-state index contributed by atoms with van der Waals surface area (Å²) in [5.41, 5.74) is 1.62. The third kappa shape index (κ3) is 0.967. The smallest absolute Gasteiger partial charge is 0.288 e. The molecule has 4 nitrogen and oxygen atoms in total. The lowest BCUT2D eigenvalue weighted by Gasteiger charge is -2.31. The average molecular weight is 214 g/mol. The number of nitrogens with zero attached hydrogens (tertiary/aromatic N) is 3. The third-order valence-corrected chi connectivity index (χ3v) is 3.07. The molecular formula is C12H12N3O+. The molecule has 1 aliphatic heterocycles. The van der Waals surface area contributed by atoms with Gasteiger partial charge in [-0.25, -0.2) is 14.3 Å². The van der Waals surface area contributed by atoms with E-state index in [9.17, 15) is 4.79 Å². The van der Waals surface area contributed by atoms with Gasteiger partial charge in [-0.3, -0.25) is 4.57 Å². The summed E-state index contributed by atoms with van der Waals surface area (Å²) in [6.07, 6.45) is 3.62. The van der Waals surface area contributed by atoms with Crippen molar-refractivity contribution < 1.29 is 4.79 Å². The molecular weight excluding hydrogens is 202 g/mol. The van der Waals surface area contributed by atoms with E-state index < -0.39 is 0 Å². The van der Waals surface area contributed by atoms with Crippen LogP contribution in [0.25, 0.3) is 5.82 Å². The highest BCUT2D eigenvalue weighted by molar-refractivity contribution is 6.04. The molecule has 2 aromatic heterocycles. The Hall–Kier alpha value is -1.94. The fourth-order valence-electron chi connectivity index (χ4n) is 2.15. The number of pyridine rings is 1. The first-order chi connectivity index (χ1) is 7.62. The lowest BCUT2D eigenvalue weighted by molar-refractivity contribution is 0.0815. The Labute approximate surface area is 93.3 Å². The summed E-state index contributed by atoms with van der Waals surface area (Å²) in [5, 5.41) is 0. The molecule has 0 aromatic carbocycles. The van der Waals surface area contributed by atoms with E-state index in [2.05, 4.69) is 4.98 Å². The number of hydrogen-bond acceptors (Lipinski definition) is 2. The normalized spacial score (nSPS) is 16.8. The van der Waals surface area contributed by atoms with Crippen molar-refractivity contribution in [2.75, 3.05) is 14.1 Å². The molecule has 1 amide bonds. The standard InChI is InChI=1S/C12H12N3O/c1-15(2)10-6-3-7-13-11(10)14-8-4-5-9(14)12(15)16/h3-8H,1-2H3/q+1. The minimum absolute atomic E-state index is 0.0884. The van der Waals surface area contributed by atoms with Crippen molar-refractivity contribution in [3.8, 4) is 5.82 Å². The Morgan fingerprint density at radius 2 is 2.06 bits per heavy atom. The number of hydrogen-bond donors (Lipinski definition) is 0. The molecule has 1 aliphatic rings. The molecule has 0 unspecified atom stereocenters. The van der Waals surface area contributed by atoms with E-state index >= 15 is 0 Å². The quantitative estimate of drug-likeness (QED) is 0.624. The summed E-state index contributed by atoms with van der Waals surface area (Å²) in [4.78, 5) is 16.6. The van der Waals surface area contributed by atoms with Crippen LogP contribution in [-0.2, 0) is 0 Å². The van der Waals surface area contributed by atoms with Crippen molar-refractivity contribution in [1.29, 1.82) is 0 Å². The van der Waals surface area contributed by atoms with Gasteiger partial charge in [0, 0.05) is 18.5 Å². The Morgan fingerprint density at radius 1 is 1.25 bits per heavy atom. The van der Waals surface area contributed by atoms with E-state index in [-0.39, 0.29) is 10.4 Å². The largest absolute Gasteiger partial charge is 0.367 e. The van der Waals surface area contributed by atoms with Gasteiger partial charge in [0.05, 0.1) is 14.1 Å². The van der Waals surface area contributed by atoms with E-state index in [4.69, 9.17) is 0 Å². The first kappa shape index (κ1) is 9.30. The fraction of sp³-hybridized carbons (Fsp3) is 0.167. The lowest BCUT2D eigenvalue weighted by Crippen LogP contribution is -2.50.